The van der Waals surface area contributed by atoms with Crippen molar-refractivity contribution in [2.75, 3.05) is 85.3 Å². The number of benzene rings is 2. The molecule has 0 saturated carbocycles. The average Bonchev–Trinajstić information content (AvgIpc) is 0.847. The lowest BCUT2D eigenvalue weighted by atomic mass is 10.0. The molecule has 62 heteroatoms. The van der Waals surface area contributed by atoms with E-state index in [-0.39, 0.29) is 120 Å². The minimum atomic E-state index is -2.12. The summed E-state index contributed by atoms with van der Waals surface area (Å²) in [6.45, 7) is -2.56. The summed E-state index contributed by atoms with van der Waals surface area (Å²) >= 11 is 0. The number of aliphatic hydroxyl groups excluding tert-OH is 6. The molecule has 2 aromatic rings. The maximum atomic E-state index is 14.9. The Morgan fingerprint density at radius 3 is 0.912 bits per heavy atom. The van der Waals surface area contributed by atoms with Crippen LogP contribution in [0.5, 0.6) is 5.75 Å². The monoisotopic (exact) mass is 2100 g/mol. The summed E-state index contributed by atoms with van der Waals surface area (Å²) in [6.07, 6.45) is -6.51. The number of phenols is 1. The number of aliphatic hydroxyl groups is 6. The van der Waals surface area contributed by atoms with Crippen molar-refractivity contribution in [2.24, 2.45) is 46.1 Å². The molecule has 48 N–H and O–H groups in total. The number of aliphatic carboxylic acids is 1. The number of carboxylic acids is 1. The Morgan fingerprint density at radius 1 is 0.291 bits per heavy atom. The van der Waals surface area contributed by atoms with Crippen LogP contribution in [-0.4, -0.2) is 371 Å². The molecule has 0 saturated heterocycles. The SMILES string of the molecule is CC(C)C[C@H](NC(=O)[C@H](CCCNC(=N)N)NC(=O)CNC(=O)CNC(=O)[C@@H](N)CCCNC(=N)N)C(=O)N[C@@H](CO)C(=O)N[C@@H](Cc1ccc(O)cc1)C(=O)N[C@@H](CO)C(=O)N[C@@H](CCCNC(N)=O)C(=O)N[C@@H](CCCNC(N)=O)C(=O)N[C@@H](CCCNC(N)=O)C(=O)N[C@@H](Cc1ccccc1)C(=O)N[C@@H](CO)C(=O)N[C@H](C(=O)N[C@@H](CO)C(=O)N[C@H](C(=O)NCC(=O)N[C@@H](CCCNC(=N)N)C(=O)O)[C@@H](C)O)[C@@H](C)O. The van der Waals surface area contributed by atoms with Gasteiger partial charge in [0.25, 0.3) is 0 Å². The smallest absolute Gasteiger partial charge is 0.326 e. The van der Waals surface area contributed by atoms with Gasteiger partial charge in [0, 0.05) is 52.1 Å². The first-order chi connectivity index (χ1) is 69.8. The predicted octanol–water partition coefficient (Wildman–Crippen LogP) is -16.4. The molecular weight excluding hydrogens is 1960 g/mol. The van der Waals surface area contributed by atoms with Gasteiger partial charge in [0.05, 0.1) is 64.3 Å². The van der Waals surface area contributed by atoms with Crippen LogP contribution >= 0.6 is 0 Å². The third kappa shape index (κ3) is 52.5. The molecule has 2 aromatic carbocycles. The summed E-state index contributed by atoms with van der Waals surface area (Å²) in [6, 6.07) is -17.5. The number of nitrogens with two attached hydrogens (primary N) is 7. The second-order valence-corrected chi connectivity index (χ2v) is 34.1. The Balaban J connectivity index is 2.60. The van der Waals surface area contributed by atoms with Crippen molar-refractivity contribution in [3.8, 4) is 5.75 Å². The van der Waals surface area contributed by atoms with E-state index in [1.165, 1.54) is 48.5 Å². The summed E-state index contributed by atoms with van der Waals surface area (Å²) in [7, 11) is 0. The summed E-state index contributed by atoms with van der Waals surface area (Å²) < 4.78 is 0. The molecule has 0 radical (unpaired) electrons. The molecule has 148 heavy (non-hydrogen) atoms. The van der Waals surface area contributed by atoms with E-state index in [2.05, 4.69) is 117 Å². The minimum absolute atomic E-state index is 0.00450. The highest BCUT2D eigenvalue weighted by Crippen LogP contribution is 2.16. The third-order valence-corrected chi connectivity index (χ3v) is 21.3. The van der Waals surface area contributed by atoms with Gasteiger partial charge in [-0.05, 0) is 126 Å². The van der Waals surface area contributed by atoms with E-state index in [0.717, 1.165) is 13.8 Å². The Hall–Kier alpha value is -16.0. The molecule has 0 heterocycles. The van der Waals surface area contributed by atoms with Crippen molar-refractivity contribution in [1.29, 1.82) is 16.2 Å². The lowest BCUT2D eigenvalue weighted by Crippen LogP contribution is -2.63. The molecule has 0 aliphatic rings. The fourth-order valence-corrected chi connectivity index (χ4v) is 13.6. The summed E-state index contributed by atoms with van der Waals surface area (Å²) in [4.78, 5) is 285. The predicted molar refractivity (Wildman–Crippen MR) is 523 cm³/mol. The minimum Gasteiger partial charge on any atom is -0.508 e. The number of urea groups is 3. The standard InChI is InChI=1S/C86H143N33O29/c1-42(2)32-54(111-67(131)49(17-9-27-98-82(90)91)106-62(128)36-103-61(127)35-104-66(130)48(87)16-8-26-97-81(88)89)71(135)114-58(39-121)75(139)113-56(34-46-22-24-47(126)25-23-46)73(137)115-57(38-120)74(138)110-51(19-11-30-101-85(95)147)69(133)108-50(18-10-29-100-84(94)146)68(132)109-52(20-12-31-102-86(96)148)70(134)112-55(33-45-14-6-5-7-15-45)72(136)116-59(40-122)76(140)119-65(44(4)125)79(143)117-60(41-123)77(141)118-64(43(3)124)78(142)105-37-63(129)107-53(80(144)145)21-13-28-99-83(92)93/h5-7,14-15,22-25,42-44,48-60,64-65,120-126H,8-13,16-21,26-41,87H2,1-4H3,(H,103,127)(H,104,130)(H,105,142)(H,106,128)(H,107,129)(H,108,133)(H,109,132)(H,110,138)(H,111,131)(H,112,134)(H,113,139)(H,114,135)(H,115,137)(H,116,136)(H,117,143)(H,118,141)(H,119,140)(H,144,145)(H4,88,89,97)(H4,90,91,98)(H4,92,93,99)(H3,94,100,146)(H3,95,101,147)(H3,96,102,148)/t43-,44-,48+,49+,50+,51+,52+,53+,54+,55+,56+,57+,58+,59+,60+,64+,65+/m1/s1. The molecule has 0 fully saturated rings. The molecule has 0 bridgehead atoms. The number of carbonyl (C=O) groups is 21. The second-order valence-electron chi connectivity index (χ2n) is 34.1. The lowest BCUT2D eigenvalue weighted by molar-refractivity contribution is -0.142. The topological polar surface area (TPSA) is 1050 Å². The first-order valence-electron chi connectivity index (χ1n) is 46.8. The highest BCUT2D eigenvalue weighted by molar-refractivity contribution is 6.02. The van der Waals surface area contributed by atoms with Gasteiger partial charge in [-0.15, -0.1) is 0 Å². The highest BCUT2D eigenvalue weighted by atomic mass is 16.4. The fraction of sp³-hybridized carbons (Fsp3) is 0.581. The number of guanidine groups is 3. The molecule has 23 amide bonds. The number of amides is 23. The maximum Gasteiger partial charge on any atom is 0.326 e. The van der Waals surface area contributed by atoms with Gasteiger partial charge in [-0.2, -0.15) is 0 Å². The van der Waals surface area contributed by atoms with Crippen molar-refractivity contribution < 1.29 is 142 Å². The lowest BCUT2D eigenvalue weighted by Gasteiger charge is -2.28. The normalized spacial score (nSPS) is 14.3. The van der Waals surface area contributed by atoms with Crippen LogP contribution in [0.2, 0.25) is 0 Å². The Bertz CT molecular complexity index is 4780. The summed E-state index contributed by atoms with van der Waals surface area (Å²) in [5.74, 6) is -23.2. The number of nitrogens with one attached hydrogen (secondary N) is 26. The van der Waals surface area contributed by atoms with Crippen molar-refractivity contribution >= 4 is 142 Å². The van der Waals surface area contributed by atoms with Crippen LogP contribution in [0.25, 0.3) is 0 Å². The summed E-state index contributed by atoms with van der Waals surface area (Å²) in [5, 5.41) is 159. The zero-order valence-corrected chi connectivity index (χ0v) is 82.1. The van der Waals surface area contributed by atoms with E-state index in [1.807, 2.05) is 5.32 Å². The van der Waals surface area contributed by atoms with Gasteiger partial charge in [0.1, 0.15) is 90.3 Å². The van der Waals surface area contributed by atoms with Gasteiger partial charge >= 0.3 is 24.1 Å². The maximum absolute atomic E-state index is 14.9. The summed E-state index contributed by atoms with van der Waals surface area (Å²) in [5.41, 5.74) is 38.3. The van der Waals surface area contributed by atoms with Crippen LogP contribution in [0.3, 0.4) is 0 Å². The molecule has 0 aromatic heterocycles. The second kappa shape index (κ2) is 69.1. The van der Waals surface area contributed by atoms with Crippen LogP contribution in [0.1, 0.15) is 122 Å². The van der Waals surface area contributed by atoms with Gasteiger partial charge in [0.2, 0.25) is 100 Å². The fourth-order valence-electron chi connectivity index (χ4n) is 13.6. The Labute approximate surface area is 848 Å². The van der Waals surface area contributed by atoms with Gasteiger partial charge < -0.3 is 203 Å². The van der Waals surface area contributed by atoms with Crippen LogP contribution in [0.15, 0.2) is 54.6 Å². The molecule has 0 unspecified atom stereocenters. The highest BCUT2D eigenvalue weighted by Gasteiger charge is 2.40. The van der Waals surface area contributed by atoms with E-state index < -0.39 is 317 Å². The molecule has 17 atom stereocenters. The van der Waals surface area contributed by atoms with Gasteiger partial charge in [-0.25, -0.2) is 19.2 Å². The number of phenolic OH excluding ortho intramolecular Hbond substituents is 1. The Morgan fingerprint density at radius 2 is 0.561 bits per heavy atom. The number of aromatic hydroxyl groups is 1. The van der Waals surface area contributed by atoms with Gasteiger partial charge in [-0.3, -0.25) is 97.7 Å². The van der Waals surface area contributed by atoms with Crippen LogP contribution in [0, 0.1) is 22.1 Å². The molecule has 0 spiro atoms. The molecule has 62 nitrogen and oxygen atoms in total. The quantitative estimate of drug-likeness (QED) is 0.0166. The number of hydrogen-bond donors (Lipinski definition) is 41. The first-order valence-corrected chi connectivity index (χ1v) is 46.8. The van der Waals surface area contributed by atoms with E-state index in [1.54, 1.807) is 19.9 Å². The molecule has 2 rings (SSSR count). The van der Waals surface area contributed by atoms with E-state index >= 15 is 0 Å². The number of carboxylic acid groups (broad SMARTS) is 1. The van der Waals surface area contributed by atoms with Crippen molar-refractivity contribution in [2.45, 2.75) is 227 Å². The van der Waals surface area contributed by atoms with Crippen LogP contribution in [-0.2, 0) is 99.1 Å². The number of primary amides is 3. The number of carbonyl (C=O) groups excluding carboxylic acids is 20. The zero-order valence-electron chi connectivity index (χ0n) is 82.1. The van der Waals surface area contributed by atoms with Crippen molar-refractivity contribution in [3.05, 3.63) is 65.7 Å². The molecular formula is C86H143N33O29. The largest absolute Gasteiger partial charge is 0.508 e. The van der Waals surface area contributed by atoms with E-state index in [0.29, 0.717) is 12.0 Å². The number of rotatable bonds is 71. The van der Waals surface area contributed by atoms with Crippen molar-refractivity contribution in [1.82, 2.24) is 122 Å². The van der Waals surface area contributed by atoms with E-state index in [9.17, 15) is 142 Å². The average molecular weight is 2100 g/mol. The van der Waals surface area contributed by atoms with Gasteiger partial charge in [-0.1, -0.05) is 56.3 Å². The van der Waals surface area contributed by atoms with Crippen molar-refractivity contribution in [3.63, 3.8) is 0 Å². The van der Waals surface area contributed by atoms with E-state index in [4.69, 9.17) is 56.4 Å². The zero-order chi connectivity index (χ0) is 111. The molecule has 0 aliphatic carbocycles. The molecule has 0 aliphatic heterocycles. The number of hydrogen-bond acceptors (Lipinski definition) is 32. The molecule has 826 valence electrons. The third-order valence-electron chi connectivity index (χ3n) is 21.3. The first kappa shape index (κ1) is 128. The Kier molecular flexibility index (Phi) is 59.8. The van der Waals surface area contributed by atoms with Crippen LogP contribution in [0.4, 0.5) is 14.4 Å². The van der Waals surface area contributed by atoms with Crippen LogP contribution < -0.4 is 162 Å². The van der Waals surface area contributed by atoms with Gasteiger partial charge in [0.15, 0.2) is 17.9 Å².